The third kappa shape index (κ3) is 6.67. The van der Waals surface area contributed by atoms with Crippen LogP contribution in [-0.4, -0.2) is 77.7 Å². The zero-order chi connectivity index (χ0) is 29.0. The number of amides is 1. The number of anilines is 2. The molecule has 1 aliphatic heterocycles. The fraction of sp³-hybridized carbons (Fsp3) is 0.286. The number of ether oxygens (including phenoxy) is 2. The lowest BCUT2D eigenvalue weighted by molar-refractivity contribution is 0.0948. The summed E-state index contributed by atoms with van der Waals surface area (Å²) < 4.78 is 39.8. The fourth-order valence-corrected chi connectivity index (χ4v) is 6.86. The highest BCUT2D eigenvalue weighted by Crippen LogP contribution is 2.40. The first-order valence-electron chi connectivity index (χ1n) is 12.9. The zero-order valence-corrected chi connectivity index (χ0v) is 25.0. The van der Waals surface area contributed by atoms with E-state index in [4.69, 9.17) is 26.1 Å². The van der Waals surface area contributed by atoms with Crippen LogP contribution in [0.3, 0.4) is 0 Å². The third-order valence-corrected chi connectivity index (χ3v) is 9.54. The molecular weight excluding hydrogens is 586 g/mol. The van der Waals surface area contributed by atoms with Crippen LogP contribution in [-0.2, 0) is 10.0 Å². The van der Waals surface area contributed by atoms with Crippen LogP contribution in [0.4, 0.5) is 10.8 Å². The second-order valence-electron chi connectivity index (χ2n) is 9.37. The minimum absolute atomic E-state index is 0.0828. The van der Waals surface area contributed by atoms with Crippen molar-refractivity contribution >= 4 is 59.9 Å². The number of benzene rings is 3. The van der Waals surface area contributed by atoms with Crippen molar-refractivity contribution in [3.63, 3.8) is 0 Å². The molecule has 0 spiro atoms. The summed E-state index contributed by atoms with van der Waals surface area (Å²) in [6.07, 6.45) is 0. The number of nitrogens with zero attached hydrogens (tertiary/aromatic N) is 3. The van der Waals surface area contributed by atoms with Gasteiger partial charge in [0.2, 0.25) is 0 Å². The molecule has 4 aromatic rings. The van der Waals surface area contributed by atoms with E-state index in [1.54, 1.807) is 43.8 Å². The first-order valence-corrected chi connectivity index (χ1v) is 15.6. The van der Waals surface area contributed by atoms with Crippen molar-refractivity contribution in [3.8, 4) is 11.5 Å². The quantitative estimate of drug-likeness (QED) is 0.271. The second kappa shape index (κ2) is 12.5. The van der Waals surface area contributed by atoms with Gasteiger partial charge in [-0.15, -0.1) is 0 Å². The molecule has 0 atom stereocenters. The molecule has 0 aliphatic carbocycles. The van der Waals surface area contributed by atoms with E-state index in [1.807, 2.05) is 12.1 Å². The Morgan fingerprint density at radius 2 is 1.71 bits per heavy atom. The summed E-state index contributed by atoms with van der Waals surface area (Å²) in [6.45, 7) is 4.46. The number of carbonyl (C=O) groups excluding carboxylic acids is 1. The van der Waals surface area contributed by atoms with Gasteiger partial charge in [0.1, 0.15) is 21.7 Å². The first kappa shape index (κ1) is 28.9. The number of aromatic nitrogens is 1. The number of piperazine rings is 1. The molecule has 0 radical (unpaired) electrons. The highest BCUT2D eigenvalue weighted by molar-refractivity contribution is 7.92. The van der Waals surface area contributed by atoms with E-state index in [-0.39, 0.29) is 10.8 Å². The van der Waals surface area contributed by atoms with E-state index in [2.05, 4.69) is 19.8 Å². The zero-order valence-electron chi connectivity index (χ0n) is 22.6. The van der Waals surface area contributed by atoms with Gasteiger partial charge >= 0.3 is 0 Å². The first-order chi connectivity index (χ1) is 19.8. The largest absolute Gasteiger partial charge is 0.495 e. The Labute approximate surface area is 247 Å². The van der Waals surface area contributed by atoms with E-state index in [1.165, 1.54) is 30.3 Å². The average Bonchev–Trinajstić information content (AvgIpc) is 3.43. The van der Waals surface area contributed by atoms with Gasteiger partial charge in [-0.3, -0.25) is 14.4 Å². The smallest absolute Gasteiger partial charge is 0.261 e. The van der Waals surface area contributed by atoms with Crippen molar-refractivity contribution in [1.82, 2.24) is 15.2 Å². The number of halogens is 1. The van der Waals surface area contributed by atoms with E-state index in [0.29, 0.717) is 29.4 Å². The number of fused-ring (bicyclic) bond motifs is 1. The molecule has 2 heterocycles. The molecule has 13 heteroatoms. The molecule has 3 aromatic carbocycles. The van der Waals surface area contributed by atoms with E-state index in [9.17, 15) is 13.2 Å². The van der Waals surface area contributed by atoms with Gasteiger partial charge in [0.05, 0.1) is 19.1 Å². The SMILES string of the molecule is COc1ccc(OC)c2sc(N3CCN(CCNC(=O)c4cccc(NS(=O)(=O)c5ccc(Cl)cc5)c4)CC3)nc12. The Morgan fingerprint density at radius 1 is 1.00 bits per heavy atom. The molecule has 1 aromatic heterocycles. The number of carbonyl (C=O) groups is 1. The Bertz CT molecular complexity index is 1600. The van der Waals surface area contributed by atoms with Crippen LogP contribution in [0.2, 0.25) is 5.02 Å². The van der Waals surface area contributed by atoms with Gasteiger partial charge in [-0.05, 0) is 54.6 Å². The number of hydrogen-bond acceptors (Lipinski definition) is 9. The maximum absolute atomic E-state index is 12.8. The molecular formula is C28H30ClN5O5S2. The predicted octanol–water partition coefficient (Wildman–Crippen LogP) is 4.32. The maximum atomic E-state index is 12.8. The van der Waals surface area contributed by atoms with Crippen LogP contribution in [0.5, 0.6) is 11.5 Å². The van der Waals surface area contributed by atoms with Gasteiger partial charge in [0, 0.05) is 55.5 Å². The Kier molecular flexibility index (Phi) is 8.83. The van der Waals surface area contributed by atoms with Crippen molar-refractivity contribution in [2.75, 3.05) is 63.1 Å². The minimum atomic E-state index is -3.81. The van der Waals surface area contributed by atoms with E-state index >= 15 is 0 Å². The van der Waals surface area contributed by atoms with Gasteiger partial charge in [-0.1, -0.05) is 29.0 Å². The van der Waals surface area contributed by atoms with Gasteiger partial charge in [0.15, 0.2) is 5.13 Å². The lowest BCUT2D eigenvalue weighted by atomic mass is 10.2. The molecule has 10 nitrogen and oxygen atoms in total. The van der Waals surface area contributed by atoms with Crippen LogP contribution in [0.15, 0.2) is 65.6 Å². The second-order valence-corrected chi connectivity index (χ2v) is 12.5. The summed E-state index contributed by atoms with van der Waals surface area (Å²) in [6, 6.07) is 16.0. The summed E-state index contributed by atoms with van der Waals surface area (Å²) in [5.41, 5.74) is 1.47. The summed E-state index contributed by atoms with van der Waals surface area (Å²) in [5, 5.41) is 4.31. The van der Waals surface area contributed by atoms with Gasteiger partial charge in [-0.2, -0.15) is 0 Å². The number of rotatable bonds is 10. The van der Waals surface area contributed by atoms with Gasteiger partial charge < -0.3 is 19.7 Å². The van der Waals surface area contributed by atoms with E-state index in [0.717, 1.165) is 53.0 Å². The molecule has 1 aliphatic rings. The monoisotopic (exact) mass is 615 g/mol. The summed E-state index contributed by atoms with van der Waals surface area (Å²) >= 11 is 7.45. The normalized spacial score (nSPS) is 14.2. The number of methoxy groups -OCH3 is 2. The molecule has 0 bridgehead atoms. The summed E-state index contributed by atoms with van der Waals surface area (Å²) in [5.74, 6) is 1.24. The van der Waals surface area contributed by atoms with Crippen molar-refractivity contribution in [1.29, 1.82) is 0 Å². The Hall–Kier alpha value is -3.58. The Balaban J connectivity index is 1.12. The number of hydrogen-bond donors (Lipinski definition) is 2. The minimum Gasteiger partial charge on any atom is -0.495 e. The molecule has 0 saturated carbocycles. The van der Waals surface area contributed by atoms with Gasteiger partial charge in [-0.25, -0.2) is 13.4 Å². The highest BCUT2D eigenvalue weighted by atomic mass is 35.5. The van der Waals surface area contributed by atoms with Crippen molar-refractivity contribution in [2.24, 2.45) is 0 Å². The molecule has 0 unspecified atom stereocenters. The summed E-state index contributed by atoms with van der Waals surface area (Å²) in [4.78, 5) is 22.2. The molecule has 41 heavy (non-hydrogen) atoms. The maximum Gasteiger partial charge on any atom is 0.261 e. The van der Waals surface area contributed by atoms with Crippen LogP contribution >= 0.6 is 22.9 Å². The highest BCUT2D eigenvalue weighted by Gasteiger charge is 2.22. The van der Waals surface area contributed by atoms with Crippen LogP contribution in [0.1, 0.15) is 10.4 Å². The van der Waals surface area contributed by atoms with Crippen LogP contribution in [0.25, 0.3) is 10.2 Å². The number of thiazole rings is 1. The van der Waals surface area contributed by atoms with Crippen molar-refractivity contribution in [3.05, 3.63) is 71.2 Å². The van der Waals surface area contributed by atoms with E-state index < -0.39 is 10.0 Å². The molecule has 2 N–H and O–H groups in total. The average molecular weight is 616 g/mol. The molecule has 5 rings (SSSR count). The van der Waals surface area contributed by atoms with Gasteiger partial charge in [0.25, 0.3) is 15.9 Å². The van der Waals surface area contributed by atoms with Crippen LogP contribution in [0, 0.1) is 0 Å². The summed E-state index contributed by atoms with van der Waals surface area (Å²) in [7, 11) is -0.521. The molecule has 1 fully saturated rings. The fourth-order valence-electron chi connectivity index (χ4n) is 4.55. The molecule has 216 valence electrons. The Morgan fingerprint density at radius 3 is 2.41 bits per heavy atom. The molecule has 1 amide bonds. The van der Waals surface area contributed by atoms with Crippen molar-refractivity contribution < 1.29 is 22.7 Å². The standard InChI is InChI=1S/C28H30ClN5O5S2/c1-38-23-10-11-24(39-2)26-25(23)31-28(40-26)34-16-14-33(15-17-34)13-12-30-27(35)19-4-3-5-21(18-19)32-41(36,37)22-8-6-20(29)7-9-22/h3-11,18,32H,12-17H2,1-2H3,(H,30,35). The van der Waals surface area contributed by atoms with Crippen LogP contribution < -0.4 is 24.4 Å². The lowest BCUT2D eigenvalue weighted by Crippen LogP contribution is -2.48. The number of nitrogens with one attached hydrogen (secondary N) is 2. The number of sulfonamides is 1. The molecule has 1 saturated heterocycles. The third-order valence-electron chi connectivity index (χ3n) is 6.76. The lowest BCUT2D eigenvalue weighted by Gasteiger charge is -2.34. The topological polar surface area (TPSA) is 113 Å². The predicted molar refractivity (Wildman–Crippen MR) is 162 cm³/mol. The van der Waals surface area contributed by atoms with Crippen molar-refractivity contribution in [2.45, 2.75) is 4.90 Å².